The molecule has 18 heavy (non-hydrogen) atoms. The van der Waals surface area contributed by atoms with Crippen molar-refractivity contribution in [1.82, 2.24) is 0 Å². The average molecular weight is 256 g/mol. The van der Waals surface area contributed by atoms with Crippen molar-refractivity contribution in [3.63, 3.8) is 0 Å². The lowest BCUT2D eigenvalue weighted by Crippen LogP contribution is -2.06. The summed E-state index contributed by atoms with van der Waals surface area (Å²) in [5, 5.41) is 13.7. The Morgan fingerprint density at radius 2 is 2.00 bits per heavy atom. The highest BCUT2D eigenvalue weighted by molar-refractivity contribution is 7.11. The normalized spacial score (nSPS) is 9.83. The van der Waals surface area contributed by atoms with Gasteiger partial charge in [0, 0.05) is 17.9 Å². The van der Waals surface area contributed by atoms with Crippen molar-refractivity contribution in [2.45, 2.75) is 13.8 Å². The van der Waals surface area contributed by atoms with E-state index in [9.17, 15) is 4.79 Å². The summed E-state index contributed by atoms with van der Waals surface area (Å²) in [5.74, 6) is -0.168. The lowest BCUT2D eigenvalue weighted by atomic mass is 10.1. The van der Waals surface area contributed by atoms with Gasteiger partial charge in [-0.25, -0.2) is 0 Å². The quantitative estimate of drug-likeness (QED) is 0.893. The topological polar surface area (TPSA) is 52.9 Å². The van der Waals surface area contributed by atoms with Crippen LogP contribution in [-0.4, -0.2) is 5.91 Å². The number of hydrogen-bond donors (Lipinski definition) is 1. The van der Waals surface area contributed by atoms with Crippen molar-refractivity contribution in [2.24, 2.45) is 0 Å². The van der Waals surface area contributed by atoms with Crippen LogP contribution in [0.5, 0.6) is 0 Å². The van der Waals surface area contributed by atoms with Crippen LogP contribution in [0.25, 0.3) is 11.1 Å². The minimum absolute atomic E-state index is 0.168. The lowest BCUT2D eigenvalue weighted by Gasteiger charge is -2.06. The van der Waals surface area contributed by atoms with E-state index >= 15 is 0 Å². The zero-order valence-corrected chi connectivity index (χ0v) is 11.0. The summed E-state index contributed by atoms with van der Waals surface area (Å²) in [6, 6.07) is 10.1. The van der Waals surface area contributed by atoms with Gasteiger partial charge >= 0.3 is 0 Å². The number of hydrogen-bond acceptors (Lipinski definition) is 3. The van der Waals surface area contributed by atoms with Crippen molar-refractivity contribution in [3.05, 3.63) is 40.1 Å². The van der Waals surface area contributed by atoms with Crippen LogP contribution in [0, 0.1) is 18.3 Å². The fraction of sp³-hybridized carbons (Fsp3) is 0.143. The van der Waals surface area contributed by atoms with Crippen LogP contribution in [0.1, 0.15) is 17.4 Å². The van der Waals surface area contributed by atoms with Gasteiger partial charge in [0.05, 0.1) is 5.69 Å². The summed E-state index contributed by atoms with van der Waals surface area (Å²) in [7, 11) is 0. The average Bonchev–Trinajstić information content (AvgIpc) is 2.72. The Hall–Kier alpha value is -2.12. The Labute approximate surface area is 110 Å². The molecule has 0 aliphatic heterocycles. The minimum Gasteiger partial charge on any atom is -0.324 e. The Kier molecular flexibility index (Phi) is 3.45. The number of carbonyl (C=O) groups is 1. The van der Waals surface area contributed by atoms with Gasteiger partial charge in [-0.1, -0.05) is 29.8 Å². The molecule has 0 saturated heterocycles. The number of thiophene rings is 1. The molecule has 1 aromatic heterocycles. The van der Waals surface area contributed by atoms with Crippen molar-refractivity contribution in [2.75, 3.05) is 5.32 Å². The van der Waals surface area contributed by atoms with E-state index in [0.29, 0.717) is 10.6 Å². The first kappa shape index (κ1) is 12.3. The maximum Gasteiger partial charge on any atom is 0.221 e. The van der Waals surface area contributed by atoms with Gasteiger partial charge in [-0.2, -0.15) is 5.26 Å². The maximum absolute atomic E-state index is 11.2. The van der Waals surface area contributed by atoms with Crippen LogP contribution in [0.4, 0.5) is 5.69 Å². The SMILES string of the molecule is CC(=O)Nc1c(-c2ccc(C)cc2)csc1C#N. The molecular weight excluding hydrogens is 244 g/mol. The van der Waals surface area contributed by atoms with Gasteiger partial charge in [-0.3, -0.25) is 4.79 Å². The van der Waals surface area contributed by atoms with Crippen LogP contribution in [0.3, 0.4) is 0 Å². The van der Waals surface area contributed by atoms with Gasteiger partial charge in [-0.15, -0.1) is 11.3 Å². The number of carbonyl (C=O) groups excluding carboxylic acids is 1. The van der Waals surface area contributed by atoms with Crippen LogP contribution < -0.4 is 5.32 Å². The predicted molar refractivity (Wildman–Crippen MR) is 73.5 cm³/mol. The second-order valence-corrected chi connectivity index (χ2v) is 4.89. The van der Waals surface area contributed by atoms with Crippen LogP contribution >= 0.6 is 11.3 Å². The second kappa shape index (κ2) is 5.03. The molecule has 3 nitrogen and oxygen atoms in total. The monoisotopic (exact) mass is 256 g/mol. The van der Waals surface area contributed by atoms with Gasteiger partial charge in [0.25, 0.3) is 0 Å². The fourth-order valence-corrected chi connectivity index (χ4v) is 2.51. The minimum atomic E-state index is -0.168. The van der Waals surface area contributed by atoms with Crippen molar-refractivity contribution in [1.29, 1.82) is 5.26 Å². The summed E-state index contributed by atoms with van der Waals surface area (Å²) in [6.45, 7) is 3.46. The number of benzene rings is 1. The summed E-state index contributed by atoms with van der Waals surface area (Å²) < 4.78 is 0. The summed E-state index contributed by atoms with van der Waals surface area (Å²) in [4.78, 5) is 11.7. The highest BCUT2D eigenvalue weighted by atomic mass is 32.1. The first-order valence-corrected chi connectivity index (χ1v) is 6.36. The Morgan fingerprint density at radius 1 is 1.33 bits per heavy atom. The summed E-state index contributed by atoms with van der Waals surface area (Å²) >= 11 is 1.34. The molecule has 0 unspecified atom stereocenters. The van der Waals surface area contributed by atoms with Crippen molar-refractivity contribution < 1.29 is 4.79 Å². The number of amides is 1. The first-order valence-electron chi connectivity index (χ1n) is 5.48. The molecule has 0 aliphatic carbocycles. The number of nitriles is 1. The number of nitrogens with one attached hydrogen (secondary N) is 1. The molecule has 4 heteroatoms. The molecule has 0 radical (unpaired) electrons. The largest absolute Gasteiger partial charge is 0.324 e. The van der Waals surface area contributed by atoms with E-state index in [4.69, 9.17) is 5.26 Å². The lowest BCUT2D eigenvalue weighted by molar-refractivity contribution is -0.114. The molecule has 2 rings (SSSR count). The van der Waals surface area contributed by atoms with Gasteiger partial charge in [0.1, 0.15) is 10.9 Å². The third-order valence-electron chi connectivity index (χ3n) is 2.56. The van der Waals surface area contributed by atoms with E-state index in [1.165, 1.54) is 23.8 Å². The Morgan fingerprint density at radius 3 is 2.56 bits per heavy atom. The molecule has 1 N–H and O–H groups in total. The second-order valence-electron chi connectivity index (χ2n) is 4.01. The van der Waals surface area contributed by atoms with E-state index in [1.54, 1.807) is 0 Å². The van der Waals surface area contributed by atoms with E-state index in [0.717, 1.165) is 11.1 Å². The zero-order chi connectivity index (χ0) is 13.1. The molecule has 1 amide bonds. The molecule has 0 spiro atoms. The molecule has 0 fully saturated rings. The molecule has 0 atom stereocenters. The molecule has 2 aromatic rings. The van der Waals surface area contributed by atoms with E-state index in [-0.39, 0.29) is 5.91 Å². The highest BCUT2D eigenvalue weighted by Crippen LogP contribution is 2.36. The summed E-state index contributed by atoms with van der Waals surface area (Å²) in [6.07, 6.45) is 0. The van der Waals surface area contributed by atoms with Crippen LogP contribution in [0.15, 0.2) is 29.6 Å². The maximum atomic E-state index is 11.2. The molecule has 0 bridgehead atoms. The number of anilines is 1. The van der Waals surface area contributed by atoms with Crippen molar-refractivity contribution >= 4 is 22.9 Å². The van der Waals surface area contributed by atoms with Gasteiger partial charge in [-0.05, 0) is 12.5 Å². The number of aryl methyl sites for hydroxylation is 1. The van der Waals surface area contributed by atoms with E-state index in [1.807, 2.05) is 36.6 Å². The first-order chi connectivity index (χ1) is 8.61. The number of rotatable bonds is 2. The van der Waals surface area contributed by atoms with Crippen molar-refractivity contribution in [3.8, 4) is 17.2 Å². The smallest absolute Gasteiger partial charge is 0.221 e. The molecular formula is C14H12N2OS. The zero-order valence-electron chi connectivity index (χ0n) is 10.2. The summed E-state index contributed by atoms with van der Waals surface area (Å²) in [5.41, 5.74) is 3.68. The molecule has 1 heterocycles. The molecule has 1 aromatic carbocycles. The molecule has 0 aliphatic rings. The van der Waals surface area contributed by atoms with Gasteiger partial charge < -0.3 is 5.32 Å². The van der Waals surface area contributed by atoms with Gasteiger partial charge in [0.2, 0.25) is 5.91 Å². The fourth-order valence-electron chi connectivity index (χ4n) is 1.69. The van der Waals surface area contributed by atoms with Crippen LogP contribution in [0.2, 0.25) is 0 Å². The standard InChI is InChI=1S/C14H12N2OS/c1-9-3-5-11(6-4-9)12-8-18-13(7-15)14(12)16-10(2)17/h3-6,8H,1-2H3,(H,16,17). The van der Waals surface area contributed by atoms with E-state index < -0.39 is 0 Å². The van der Waals surface area contributed by atoms with Crippen LogP contribution in [-0.2, 0) is 4.79 Å². The van der Waals surface area contributed by atoms with Gasteiger partial charge in [0.15, 0.2) is 0 Å². The molecule has 0 saturated carbocycles. The number of nitrogens with zero attached hydrogens (tertiary/aromatic N) is 1. The third kappa shape index (κ3) is 2.41. The highest BCUT2D eigenvalue weighted by Gasteiger charge is 2.14. The predicted octanol–water partition coefficient (Wildman–Crippen LogP) is 3.55. The Bertz CT molecular complexity index is 620. The van der Waals surface area contributed by atoms with E-state index in [2.05, 4.69) is 11.4 Å². The Balaban J connectivity index is 2.51. The third-order valence-corrected chi connectivity index (χ3v) is 3.44. The molecule has 90 valence electrons.